The largest absolute Gasteiger partial charge is 0.356 e. The summed E-state index contributed by atoms with van der Waals surface area (Å²) in [5.74, 6) is 0. The molecule has 0 atom stereocenters. The summed E-state index contributed by atoms with van der Waals surface area (Å²) in [5.41, 5.74) is 7.36. The molecule has 0 aliphatic heterocycles. The first-order chi connectivity index (χ1) is 11.2. The van der Waals surface area contributed by atoms with Gasteiger partial charge in [0.05, 0.1) is 0 Å². The molecule has 0 radical (unpaired) electrons. The van der Waals surface area contributed by atoms with Gasteiger partial charge in [0.15, 0.2) is 0 Å². The van der Waals surface area contributed by atoms with Crippen LogP contribution in [0.3, 0.4) is 0 Å². The second-order valence-corrected chi connectivity index (χ2v) is 5.68. The molecule has 3 aromatic carbocycles. The molecule has 0 bridgehead atoms. The SMILES string of the molecule is CC(=C(C)c1ccc(Nc2ccccc2)cc1)c1ccccc1. The van der Waals surface area contributed by atoms with Crippen LogP contribution < -0.4 is 5.32 Å². The molecule has 1 heteroatoms. The normalized spacial score (nSPS) is 11.7. The Bertz CT molecular complexity index is 784. The summed E-state index contributed by atoms with van der Waals surface area (Å²) < 4.78 is 0. The zero-order valence-corrected chi connectivity index (χ0v) is 13.6. The zero-order valence-electron chi connectivity index (χ0n) is 13.6. The summed E-state index contributed by atoms with van der Waals surface area (Å²) in [4.78, 5) is 0. The Hall–Kier alpha value is -2.80. The fourth-order valence-electron chi connectivity index (χ4n) is 2.61. The fourth-order valence-corrected chi connectivity index (χ4v) is 2.61. The van der Waals surface area contributed by atoms with E-state index in [2.05, 4.69) is 85.9 Å². The second-order valence-electron chi connectivity index (χ2n) is 5.68. The number of allylic oxidation sites excluding steroid dienone is 2. The van der Waals surface area contributed by atoms with Crippen molar-refractivity contribution in [3.8, 4) is 0 Å². The smallest absolute Gasteiger partial charge is 0.0384 e. The molecular weight excluding hydrogens is 278 g/mol. The van der Waals surface area contributed by atoms with Crippen molar-refractivity contribution in [3.63, 3.8) is 0 Å². The molecule has 1 nitrogen and oxygen atoms in total. The highest BCUT2D eigenvalue weighted by Gasteiger charge is 2.03. The Morgan fingerprint density at radius 2 is 0.957 bits per heavy atom. The molecule has 0 aromatic heterocycles. The molecule has 0 spiro atoms. The molecule has 0 saturated heterocycles. The first kappa shape index (κ1) is 15.1. The minimum absolute atomic E-state index is 1.10. The third kappa shape index (κ3) is 3.70. The second kappa shape index (κ2) is 6.97. The number of hydrogen-bond acceptors (Lipinski definition) is 1. The van der Waals surface area contributed by atoms with Crippen molar-refractivity contribution in [1.82, 2.24) is 0 Å². The van der Waals surface area contributed by atoms with E-state index in [1.165, 1.54) is 22.3 Å². The molecule has 3 aromatic rings. The molecule has 0 amide bonds. The van der Waals surface area contributed by atoms with Gasteiger partial charge in [-0.05, 0) is 60.4 Å². The number of benzene rings is 3. The number of rotatable bonds is 4. The molecule has 0 unspecified atom stereocenters. The van der Waals surface area contributed by atoms with Crippen LogP contribution in [0.15, 0.2) is 84.9 Å². The Morgan fingerprint density at radius 3 is 1.52 bits per heavy atom. The van der Waals surface area contributed by atoms with Crippen LogP contribution in [0.4, 0.5) is 11.4 Å². The van der Waals surface area contributed by atoms with Gasteiger partial charge in [0.2, 0.25) is 0 Å². The molecule has 0 aliphatic rings. The predicted octanol–water partition coefficient (Wildman–Crippen LogP) is 6.38. The van der Waals surface area contributed by atoms with Crippen LogP contribution in [0.5, 0.6) is 0 Å². The van der Waals surface area contributed by atoms with Crippen molar-refractivity contribution in [1.29, 1.82) is 0 Å². The predicted molar refractivity (Wildman–Crippen MR) is 101 cm³/mol. The van der Waals surface area contributed by atoms with Crippen LogP contribution >= 0.6 is 0 Å². The van der Waals surface area contributed by atoms with Crippen molar-refractivity contribution in [2.75, 3.05) is 5.32 Å². The van der Waals surface area contributed by atoms with Crippen LogP contribution in [0.25, 0.3) is 11.1 Å². The van der Waals surface area contributed by atoms with Gasteiger partial charge in [-0.15, -0.1) is 0 Å². The van der Waals surface area contributed by atoms with Crippen LogP contribution in [0.2, 0.25) is 0 Å². The van der Waals surface area contributed by atoms with Gasteiger partial charge in [-0.1, -0.05) is 60.7 Å². The summed E-state index contributed by atoms with van der Waals surface area (Å²) >= 11 is 0. The van der Waals surface area contributed by atoms with Crippen molar-refractivity contribution in [2.45, 2.75) is 13.8 Å². The molecule has 0 saturated carbocycles. The van der Waals surface area contributed by atoms with E-state index in [1.807, 2.05) is 18.2 Å². The number of nitrogens with one attached hydrogen (secondary N) is 1. The molecule has 114 valence electrons. The van der Waals surface area contributed by atoms with Gasteiger partial charge in [-0.3, -0.25) is 0 Å². The number of anilines is 2. The van der Waals surface area contributed by atoms with E-state index in [9.17, 15) is 0 Å². The van der Waals surface area contributed by atoms with Crippen molar-refractivity contribution in [3.05, 3.63) is 96.1 Å². The highest BCUT2D eigenvalue weighted by atomic mass is 14.9. The molecule has 0 heterocycles. The lowest BCUT2D eigenvalue weighted by atomic mass is 9.97. The first-order valence-electron chi connectivity index (χ1n) is 7.89. The molecule has 23 heavy (non-hydrogen) atoms. The van der Waals surface area contributed by atoms with Gasteiger partial charge in [0.25, 0.3) is 0 Å². The Morgan fingerprint density at radius 1 is 0.522 bits per heavy atom. The monoisotopic (exact) mass is 299 g/mol. The molecular formula is C22H21N. The van der Waals surface area contributed by atoms with E-state index in [1.54, 1.807) is 0 Å². The average molecular weight is 299 g/mol. The van der Waals surface area contributed by atoms with E-state index in [-0.39, 0.29) is 0 Å². The van der Waals surface area contributed by atoms with Crippen molar-refractivity contribution >= 4 is 22.5 Å². The number of para-hydroxylation sites is 1. The highest BCUT2D eigenvalue weighted by Crippen LogP contribution is 2.27. The van der Waals surface area contributed by atoms with Crippen LogP contribution in [0.1, 0.15) is 25.0 Å². The summed E-state index contributed by atoms with van der Waals surface area (Å²) in [5, 5.41) is 3.41. The Balaban J connectivity index is 1.82. The van der Waals surface area contributed by atoms with E-state index in [4.69, 9.17) is 0 Å². The quantitative estimate of drug-likeness (QED) is 0.551. The van der Waals surface area contributed by atoms with E-state index >= 15 is 0 Å². The van der Waals surface area contributed by atoms with Gasteiger partial charge in [-0.25, -0.2) is 0 Å². The maximum Gasteiger partial charge on any atom is 0.0384 e. The summed E-state index contributed by atoms with van der Waals surface area (Å²) in [7, 11) is 0. The maximum atomic E-state index is 3.41. The third-order valence-electron chi connectivity index (χ3n) is 4.15. The van der Waals surface area contributed by atoms with Crippen molar-refractivity contribution < 1.29 is 0 Å². The summed E-state index contributed by atoms with van der Waals surface area (Å²) in [6.07, 6.45) is 0. The summed E-state index contributed by atoms with van der Waals surface area (Å²) in [6.45, 7) is 4.36. The first-order valence-corrected chi connectivity index (χ1v) is 7.89. The summed E-state index contributed by atoms with van der Waals surface area (Å²) in [6, 6.07) is 29.4. The minimum atomic E-state index is 1.10. The average Bonchev–Trinajstić information content (AvgIpc) is 2.63. The van der Waals surface area contributed by atoms with E-state index in [0.29, 0.717) is 0 Å². The Kier molecular flexibility index (Phi) is 4.58. The molecule has 1 N–H and O–H groups in total. The molecule has 0 fully saturated rings. The number of hydrogen-bond donors (Lipinski definition) is 1. The van der Waals surface area contributed by atoms with Gasteiger partial charge in [0, 0.05) is 11.4 Å². The standard InChI is InChI=1S/C22H21N/c1-17(19-9-5-3-6-10-19)18(2)20-13-15-22(16-14-20)23-21-11-7-4-8-12-21/h3-16,23H,1-2H3. The van der Waals surface area contributed by atoms with Gasteiger partial charge in [0.1, 0.15) is 0 Å². The third-order valence-corrected chi connectivity index (χ3v) is 4.15. The topological polar surface area (TPSA) is 12.0 Å². The van der Waals surface area contributed by atoms with Crippen LogP contribution in [0, 0.1) is 0 Å². The lowest BCUT2D eigenvalue weighted by molar-refractivity contribution is 1.49. The zero-order chi connectivity index (χ0) is 16.1. The highest BCUT2D eigenvalue weighted by molar-refractivity contribution is 5.89. The van der Waals surface area contributed by atoms with E-state index < -0.39 is 0 Å². The van der Waals surface area contributed by atoms with Gasteiger partial charge < -0.3 is 5.32 Å². The van der Waals surface area contributed by atoms with Crippen LogP contribution in [-0.4, -0.2) is 0 Å². The lowest BCUT2D eigenvalue weighted by Gasteiger charge is -2.11. The minimum Gasteiger partial charge on any atom is -0.356 e. The van der Waals surface area contributed by atoms with Gasteiger partial charge in [-0.2, -0.15) is 0 Å². The van der Waals surface area contributed by atoms with Crippen molar-refractivity contribution in [2.24, 2.45) is 0 Å². The van der Waals surface area contributed by atoms with Gasteiger partial charge >= 0.3 is 0 Å². The Labute approximate surface area is 138 Å². The fraction of sp³-hybridized carbons (Fsp3) is 0.0909. The molecule has 0 aliphatic carbocycles. The lowest BCUT2D eigenvalue weighted by Crippen LogP contribution is -1.91. The van der Waals surface area contributed by atoms with Crippen LogP contribution in [-0.2, 0) is 0 Å². The molecule has 3 rings (SSSR count). The van der Waals surface area contributed by atoms with E-state index in [0.717, 1.165) is 11.4 Å². The maximum absolute atomic E-state index is 3.41.